The van der Waals surface area contributed by atoms with Crippen LogP contribution in [0.1, 0.15) is 33.6 Å². The standard InChI is InChI=1S/C7H10O3.C4H11N/c1-3-5-9-7(8)10-6-4-2;1-2-3-4-5/h3-6H,1-2H3;2-5H2,1H3. The molecule has 15 heavy (non-hydrogen) atoms. The summed E-state index contributed by atoms with van der Waals surface area (Å²) < 4.78 is 8.80. The Morgan fingerprint density at radius 3 is 1.87 bits per heavy atom. The minimum atomic E-state index is -0.726. The summed E-state index contributed by atoms with van der Waals surface area (Å²) in [6.07, 6.45) is 7.36. The predicted molar refractivity (Wildman–Crippen MR) is 61.2 cm³/mol. The average molecular weight is 215 g/mol. The molecule has 0 saturated carbocycles. The molecule has 0 spiro atoms. The van der Waals surface area contributed by atoms with Crippen molar-refractivity contribution in [1.82, 2.24) is 0 Å². The first kappa shape index (κ1) is 16.2. The lowest BCUT2D eigenvalue weighted by Gasteiger charge is -1.93. The molecule has 0 fully saturated rings. The molecule has 0 bridgehead atoms. The Balaban J connectivity index is 0. The van der Waals surface area contributed by atoms with E-state index in [0.29, 0.717) is 0 Å². The highest BCUT2D eigenvalue weighted by molar-refractivity contribution is 5.61. The third-order valence-corrected chi connectivity index (χ3v) is 1.16. The number of allylic oxidation sites excluding steroid dienone is 2. The number of carbonyl (C=O) groups is 1. The molecule has 0 heterocycles. The second-order valence-corrected chi connectivity index (χ2v) is 2.57. The van der Waals surface area contributed by atoms with Gasteiger partial charge in [0, 0.05) is 0 Å². The van der Waals surface area contributed by atoms with E-state index in [9.17, 15) is 4.79 Å². The summed E-state index contributed by atoms with van der Waals surface area (Å²) in [6, 6.07) is 0. The van der Waals surface area contributed by atoms with Gasteiger partial charge in [0.1, 0.15) is 0 Å². The summed E-state index contributed by atoms with van der Waals surface area (Å²) in [5.74, 6) is 0. The second-order valence-electron chi connectivity index (χ2n) is 2.57. The van der Waals surface area contributed by atoms with Crippen molar-refractivity contribution < 1.29 is 14.3 Å². The molecule has 0 unspecified atom stereocenters. The van der Waals surface area contributed by atoms with E-state index < -0.39 is 6.16 Å². The normalized spacial score (nSPS) is 9.87. The number of hydrogen-bond acceptors (Lipinski definition) is 4. The molecule has 0 aliphatic rings. The van der Waals surface area contributed by atoms with Gasteiger partial charge in [0.15, 0.2) is 0 Å². The molecule has 0 amide bonds. The molecule has 0 aliphatic heterocycles. The number of unbranched alkanes of at least 4 members (excludes halogenated alkanes) is 1. The highest BCUT2D eigenvalue weighted by atomic mass is 16.7. The van der Waals surface area contributed by atoms with Crippen molar-refractivity contribution >= 4 is 6.16 Å². The average Bonchev–Trinajstić information content (AvgIpc) is 2.25. The largest absolute Gasteiger partial charge is 0.518 e. The molecule has 88 valence electrons. The van der Waals surface area contributed by atoms with Crippen LogP contribution in [0.3, 0.4) is 0 Å². The van der Waals surface area contributed by atoms with Crippen LogP contribution < -0.4 is 5.73 Å². The zero-order valence-corrected chi connectivity index (χ0v) is 9.73. The monoisotopic (exact) mass is 215 g/mol. The Bertz CT molecular complexity index is 170. The van der Waals surface area contributed by atoms with Crippen molar-refractivity contribution in [2.24, 2.45) is 5.73 Å². The minimum Gasteiger partial charge on any atom is -0.403 e. The summed E-state index contributed by atoms with van der Waals surface area (Å²) in [7, 11) is 0. The van der Waals surface area contributed by atoms with Crippen LogP contribution in [-0.2, 0) is 9.47 Å². The molecule has 0 radical (unpaired) electrons. The number of hydrogen-bond donors (Lipinski definition) is 1. The summed E-state index contributed by atoms with van der Waals surface area (Å²) in [6.45, 7) is 6.45. The van der Waals surface area contributed by atoms with Crippen LogP contribution >= 0.6 is 0 Å². The van der Waals surface area contributed by atoms with Crippen molar-refractivity contribution in [2.75, 3.05) is 6.54 Å². The summed E-state index contributed by atoms with van der Waals surface area (Å²) in [5.41, 5.74) is 5.14. The lowest BCUT2D eigenvalue weighted by molar-refractivity contribution is 0.119. The van der Waals surface area contributed by atoms with Crippen LogP contribution in [0, 0.1) is 0 Å². The van der Waals surface area contributed by atoms with Gasteiger partial charge >= 0.3 is 6.16 Å². The smallest absolute Gasteiger partial charge is 0.403 e. The van der Waals surface area contributed by atoms with Crippen molar-refractivity contribution in [3.05, 3.63) is 24.7 Å². The number of carbonyl (C=O) groups excluding carboxylic acids is 1. The first-order valence-electron chi connectivity index (χ1n) is 5.02. The lowest BCUT2D eigenvalue weighted by atomic mass is 10.3. The number of ether oxygens (including phenoxy) is 2. The van der Waals surface area contributed by atoms with Crippen molar-refractivity contribution in [3.63, 3.8) is 0 Å². The maximum absolute atomic E-state index is 10.4. The summed E-state index contributed by atoms with van der Waals surface area (Å²) in [5, 5.41) is 0. The Morgan fingerprint density at radius 2 is 1.67 bits per heavy atom. The van der Waals surface area contributed by atoms with Gasteiger partial charge in [-0.05, 0) is 26.8 Å². The quantitative estimate of drug-likeness (QED) is 0.578. The molecule has 0 rings (SSSR count). The highest BCUT2D eigenvalue weighted by Crippen LogP contribution is 1.86. The van der Waals surface area contributed by atoms with Crippen LogP contribution in [0.2, 0.25) is 0 Å². The molecule has 4 nitrogen and oxygen atoms in total. The molecule has 0 aromatic rings. The fourth-order valence-corrected chi connectivity index (χ4v) is 0.479. The van der Waals surface area contributed by atoms with Gasteiger partial charge in [0.2, 0.25) is 0 Å². The van der Waals surface area contributed by atoms with E-state index in [4.69, 9.17) is 5.73 Å². The van der Waals surface area contributed by atoms with Gasteiger partial charge in [-0.2, -0.15) is 0 Å². The first-order valence-corrected chi connectivity index (χ1v) is 5.02. The van der Waals surface area contributed by atoms with Gasteiger partial charge in [-0.3, -0.25) is 0 Å². The van der Waals surface area contributed by atoms with Gasteiger partial charge in [0.25, 0.3) is 0 Å². The number of rotatable bonds is 4. The van der Waals surface area contributed by atoms with E-state index >= 15 is 0 Å². The molecule has 4 heteroatoms. The van der Waals surface area contributed by atoms with Crippen LogP contribution in [0.5, 0.6) is 0 Å². The molecule has 0 aliphatic carbocycles. The Hall–Kier alpha value is -1.29. The summed E-state index contributed by atoms with van der Waals surface area (Å²) in [4.78, 5) is 10.4. The minimum absolute atomic E-state index is 0.726. The van der Waals surface area contributed by atoms with Gasteiger partial charge in [-0.1, -0.05) is 25.5 Å². The molecular weight excluding hydrogens is 194 g/mol. The van der Waals surface area contributed by atoms with Crippen LogP contribution in [0.4, 0.5) is 4.79 Å². The van der Waals surface area contributed by atoms with Gasteiger partial charge in [-0.25, -0.2) is 4.79 Å². The maximum atomic E-state index is 10.4. The fraction of sp³-hybridized carbons (Fsp3) is 0.545. The van der Waals surface area contributed by atoms with E-state index in [0.717, 1.165) is 6.54 Å². The van der Waals surface area contributed by atoms with Gasteiger partial charge in [0.05, 0.1) is 12.5 Å². The van der Waals surface area contributed by atoms with E-state index in [1.165, 1.54) is 25.4 Å². The maximum Gasteiger partial charge on any atom is 0.518 e. The third kappa shape index (κ3) is 19.2. The number of nitrogens with two attached hydrogens (primary N) is 1. The van der Waals surface area contributed by atoms with Crippen LogP contribution in [-0.4, -0.2) is 12.7 Å². The van der Waals surface area contributed by atoms with E-state index in [1.54, 1.807) is 26.0 Å². The first-order chi connectivity index (χ1) is 7.22. The molecule has 2 N–H and O–H groups in total. The SMILES string of the molecule is CC=COC(=O)OC=CC.CCCCN. The molecule has 0 saturated heterocycles. The molecule has 0 aromatic carbocycles. The third-order valence-electron chi connectivity index (χ3n) is 1.16. The van der Waals surface area contributed by atoms with E-state index in [2.05, 4.69) is 16.4 Å². The molecular formula is C11H21NO3. The van der Waals surface area contributed by atoms with Crippen LogP contribution in [0.25, 0.3) is 0 Å². The summed E-state index contributed by atoms with van der Waals surface area (Å²) >= 11 is 0. The van der Waals surface area contributed by atoms with E-state index in [-0.39, 0.29) is 0 Å². The second kappa shape index (κ2) is 15.2. The zero-order chi connectivity index (χ0) is 11.9. The Morgan fingerprint density at radius 1 is 1.20 bits per heavy atom. The topological polar surface area (TPSA) is 61.5 Å². The lowest BCUT2D eigenvalue weighted by Crippen LogP contribution is -1.97. The van der Waals surface area contributed by atoms with Crippen LogP contribution in [0.15, 0.2) is 24.7 Å². The van der Waals surface area contributed by atoms with Crippen molar-refractivity contribution in [2.45, 2.75) is 33.6 Å². The highest BCUT2D eigenvalue weighted by Gasteiger charge is 1.94. The Kier molecular flexibility index (Phi) is 16.4. The van der Waals surface area contributed by atoms with Crippen molar-refractivity contribution in [3.8, 4) is 0 Å². The molecule has 0 atom stereocenters. The molecule has 0 aromatic heterocycles. The Labute approximate surface area is 91.7 Å². The van der Waals surface area contributed by atoms with E-state index in [1.807, 2.05) is 0 Å². The van der Waals surface area contributed by atoms with Gasteiger partial charge < -0.3 is 15.2 Å². The van der Waals surface area contributed by atoms with Crippen molar-refractivity contribution in [1.29, 1.82) is 0 Å². The fourth-order valence-electron chi connectivity index (χ4n) is 0.479. The predicted octanol–water partition coefficient (Wildman–Crippen LogP) is 2.95. The van der Waals surface area contributed by atoms with Gasteiger partial charge in [-0.15, -0.1) is 0 Å². The zero-order valence-electron chi connectivity index (χ0n) is 9.73.